The van der Waals surface area contributed by atoms with Gasteiger partial charge in [0.2, 0.25) is 0 Å². The highest BCUT2D eigenvalue weighted by molar-refractivity contribution is 6.19. The maximum Gasteiger partial charge on any atom is 0.136 e. The van der Waals surface area contributed by atoms with Gasteiger partial charge in [0.1, 0.15) is 11.2 Å². The lowest BCUT2D eigenvalue weighted by Crippen LogP contribution is -2.16. The molecule has 55 heavy (non-hydrogen) atoms. The molecule has 2 nitrogen and oxygen atoms in total. The van der Waals surface area contributed by atoms with E-state index in [0.29, 0.717) is 0 Å². The monoisotopic (exact) mass is 703 g/mol. The quantitative estimate of drug-likeness (QED) is 0.177. The number of fused-ring (bicyclic) bond motifs is 9. The van der Waals surface area contributed by atoms with Gasteiger partial charge in [-0.2, -0.15) is 0 Å². The van der Waals surface area contributed by atoms with Gasteiger partial charge in [0.25, 0.3) is 0 Å². The Morgan fingerprint density at radius 3 is 1.89 bits per heavy atom. The van der Waals surface area contributed by atoms with Crippen LogP contribution in [0.25, 0.3) is 76.9 Å². The molecule has 0 bridgehead atoms. The van der Waals surface area contributed by atoms with Gasteiger partial charge in [-0.3, -0.25) is 0 Å². The zero-order chi connectivity index (χ0) is 36.7. The molecule has 11 rings (SSSR count). The van der Waals surface area contributed by atoms with Crippen LogP contribution in [-0.2, 0) is 5.41 Å². The summed E-state index contributed by atoms with van der Waals surface area (Å²) in [7, 11) is 0. The van der Waals surface area contributed by atoms with Gasteiger partial charge >= 0.3 is 0 Å². The molecule has 0 unspecified atom stereocenters. The first-order valence-corrected chi connectivity index (χ1v) is 19.1. The predicted molar refractivity (Wildman–Crippen MR) is 232 cm³/mol. The topological polar surface area (TPSA) is 16.4 Å². The van der Waals surface area contributed by atoms with Gasteiger partial charge in [0, 0.05) is 33.1 Å². The Hall–Kier alpha value is -6.90. The summed E-state index contributed by atoms with van der Waals surface area (Å²) in [5.41, 5.74) is 15.3. The summed E-state index contributed by atoms with van der Waals surface area (Å²) in [5, 5.41) is 7.26. The molecule has 0 spiro atoms. The highest BCUT2D eigenvalue weighted by Gasteiger charge is 2.37. The molecule has 260 valence electrons. The lowest BCUT2D eigenvalue weighted by molar-refractivity contribution is 0.660. The van der Waals surface area contributed by atoms with Gasteiger partial charge in [-0.25, -0.2) is 0 Å². The van der Waals surface area contributed by atoms with Gasteiger partial charge in [0.15, 0.2) is 0 Å². The largest absolute Gasteiger partial charge is 0.456 e. The molecule has 0 fully saturated rings. The average Bonchev–Trinajstić information content (AvgIpc) is 3.74. The Balaban J connectivity index is 1.04. The molecule has 1 aliphatic rings. The molecule has 9 aromatic carbocycles. The standard InChI is InChI=1S/C53H37NO/c1-53(2)46-17-7-5-14-44(46)52-47(53)18-10-19-48(52)54(40-29-23-36(24-30-40)42-16-9-12-35-11-3-4-13-41(35)42)39-27-21-34(22-28-39)37-25-31-43-38(33-37)26-32-50-51(43)45-15-6-8-20-49(45)55-50/h3-33H,1-2H3. The number of furan rings is 1. The van der Waals surface area contributed by atoms with Crippen molar-refractivity contribution >= 4 is 60.5 Å². The molecule has 0 aliphatic heterocycles. The van der Waals surface area contributed by atoms with E-state index in [0.717, 1.165) is 27.9 Å². The van der Waals surface area contributed by atoms with Gasteiger partial charge in [-0.1, -0.05) is 153 Å². The SMILES string of the molecule is CC1(C)c2ccccc2-c2c(N(c3ccc(-c4ccc5c(ccc6oc7ccccc7c65)c4)cc3)c3ccc(-c4cccc5ccccc45)cc3)cccc21. The zero-order valence-electron chi connectivity index (χ0n) is 30.8. The molecule has 2 heteroatoms. The van der Waals surface area contributed by atoms with Gasteiger partial charge in [-0.15, -0.1) is 0 Å². The number of para-hydroxylation sites is 1. The van der Waals surface area contributed by atoms with Crippen LogP contribution in [0, 0.1) is 0 Å². The zero-order valence-corrected chi connectivity index (χ0v) is 30.8. The normalized spacial score (nSPS) is 13.1. The maximum absolute atomic E-state index is 6.18. The summed E-state index contributed by atoms with van der Waals surface area (Å²) in [6.45, 7) is 4.70. The fourth-order valence-corrected chi connectivity index (χ4v) is 9.15. The molecule has 0 radical (unpaired) electrons. The van der Waals surface area contributed by atoms with Crippen molar-refractivity contribution in [3.8, 4) is 33.4 Å². The van der Waals surface area contributed by atoms with Crippen molar-refractivity contribution in [1.29, 1.82) is 0 Å². The van der Waals surface area contributed by atoms with E-state index in [9.17, 15) is 0 Å². The number of hydrogen-bond acceptors (Lipinski definition) is 2. The molecule has 10 aromatic rings. The molecule has 1 heterocycles. The number of hydrogen-bond donors (Lipinski definition) is 0. The molecule has 0 atom stereocenters. The Labute approximate surface area is 320 Å². The van der Waals surface area contributed by atoms with E-state index in [1.165, 1.54) is 77.1 Å². The molecule has 1 aliphatic carbocycles. The number of nitrogens with zero attached hydrogens (tertiary/aromatic N) is 1. The lowest BCUT2D eigenvalue weighted by atomic mass is 9.82. The van der Waals surface area contributed by atoms with Crippen molar-refractivity contribution in [3.63, 3.8) is 0 Å². The maximum atomic E-state index is 6.18. The lowest BCUT2D eigenvalue weighted by Gasteiger charge is -2.29. The number of anilines is 3. The third kappa shape index (κ3) is 4.88. The van der Waals surface area contributed by atoms with E-state index in [-0.39, 0.29) is 5.41 Å². The van der Waals surface area contributed by atoms with Gasteiger partial charge in [0.05, 0.1) is 5.69 Å². The van der Waals surface area contributed by atoms with E-state index in [1.807, 2.05) is 12.1 Å². The molecular formula is C53H37NO. The van der Waals surface area contributed by atoms with E-state index >= 15 is 0 Å². The van der Waals surface area contributed by atoms with Crippen LogP contribution in [0.2, 0.25) is 0 Å². The minimum atomic E-state index is -0.0971. The second kappa shape index (κ2) is 12.1. The summed E-state index contributed by atoms with van der Waals surface area (Å²) in [5.74, 6) is 0. The van der Waals surface area contributed by atoms with Crippen molar-refractivity contribution in [3.05, 3.63) is 199 Å². The first-order chi connectivity index (χ1) is 27.0. The van der Waals surface area contributed by atoms with Crippen LogP contribution < -0.4 is 4.90 Å². The molecule has 0 N–H and O–H groups in total. The first kappa shape index (κ1) is 31.6. The summed E-state index contributed by atoms with van der Waals surface area (Å²) in [6.07, 6.45) is 0. The highest BCUT2D eigenvalue weighted by atomic mass is 16.3. The Kier molecular flexibility index (Phi) is 6.93. The van der Waals surface area contributed by atoms with E-state index in [2.05, 4.69) is 195 Å². The van der Waals surface area contributed by atoms with Crippen LogP contribution >= 0.6 is 0 Å². The third-order valence-corrected chi connectivity index (χ3v) is 11.9. The minimum absolute atomic E-state index is 0.0971. The number of rotatable bonds is 5. The third-order valence-electron chi connectivity index (χ3n) is 11.9. The highest BCUT2D eigenvalue weighted by Crippen LogP contribution is 2.54. The van der Waals surface area contributed by atoms with E-state index in [1.54, 1.807) is 0 Å². The Morgan fingerprint density at radius 2 is 1.05 bits per heavy atom. The van der Waals surface area contributed by atoms with Crippen LogP contribution in [0.1, 0.15) is 25.0 Å². The fraction of sp³-hybridized carbons (Fsp3) is 0.0566. The molecular weight excluding hydrogens is 667 g/mol. The number of benzene rings is 9. The summed E-state index contributed by atoms with van der Waals surface area (Å²) in [4.78, 5) is 2.44. The van der Waals surface area contributed by atoms with Gasteiger partial charge in [-0.05, 0) is 109 Å². The van der Waals surface area contributed by atoms with Gasteiger partial charge < -0.3 is 9.32 Å². The Morgan fingerprint density at radius 1 is 0.418 bits per heavy atom. The van der Waals surface area contributed by atoms with Crippen LogP contribution in [0.3, 0.4) is 0 Å². The van der Waals surface area contributed by atoms with Crippen LogP contribution in [0.5, 0.6) is 0 Å². The van der Waals surface area contributed by atoms with E-state index in [4.69, 9.17) is 4.42 Å². The predicted octanol–water partition coefficient (Wildman–Crippen LogP) is 15.0. The smallest absolute Gasteiger partial charge is 0.136 e. The van der Waals surface area contributed by atoms with Crippen molar-refractivity contribution < 1.29 is 4.42 Å². The molecule has 0 amide bonds. The average molecular weight is 704 g/mol. The summed E-state index contributed by atoms with van der Waals surface area (Å²) in [6, 6.07) is 68.5. The van der Waals surface area contributed by atoms with Crippen molar-refractivity contribution in [1.82, 2.24) is 0 Å². The van der Waals surface area contributed by atoms with Crippen LogP contribution in [0.15, 0.2) is 192 Å². The first-order valence-electron chi connectivity index (χ1n) is 19.1. The van der Waals surface area contributed by atoms with Crippen molar-refractivity contribution in [2.24, 2.45) is 0 Å². The fourth-order valence-electron chi connectivity index (χ4n) is 9.15. The summed E-state index contributed by atoms with van der Waals surface area (Å²) >= 11 is 0. The van der Waals surface area contributed by atoms with E-state index < -0.39 is 0 Å². The van der Waals surface area contributed by atoms with Crippen molar-refractivity contribution in [2.45, 2.75) is 19.3 Å². The summed E-state index contributed by atoms with van der Waals surface area (Å²) < 4.78 is 6.18. The molecule has 1 aromatic heterocycles. The van der Waals surface area contributed by atoms with Crippen molar-refractivity contribution in [2.75, 3.05) is 4.90 Å². The Bertz CT molecular complexity index is 3110. The van der Waals surface area contributed by atoms with Crippen LogP contribution in [-0.4, -0.2) is 0 Å². The molecule has 0 saturated heterocycles. The minimum Gasteiger partial charge on any atom is -0.456 e. The second-order valence-corrected chi connectivity index (χ2v) is 15.3. The van der Waals surface area contributed by atoms with Crippen LogP contribution in [0.4, 0.5) is 17.1 Å². The molecule has 0 saturated carbocycles. The second-order valence-electron chi connectivity index (χ2n) is 15.3.